The predicted octanol–water partition coefficient (Wildman–Crippen LogP) is 3.00. The quantitative estimate of drug-likeness (QED) is 0.896. The maximum atomic E-state index is 13.5. The number of benzene rings is 1. The van der Waals surface area contributed by atoms with Crippen molar-refractivity contribution in [3.05, 3.63) is 35.6 Å². The lowest BCUT2D eigenvalue weighted by Gasteiger charge is -2.45. The Labute approximate surface area is 108 Å². The lowest BCUT2D eigenvalue weighted by Crippen LogP contribution is -2.45. The van der Waals surface area contributed by atoms with Crippen molar-refractivity contribution < 1.29 is 9.13 Å². The van der Waals surface area contributed by atoms with Gasteiger partial charge in [0.15, 0.2) is 0 Å². The van der Waals surface area contributed by atoms with Crippen LogP contribution in [0, 0.1) is 5.82 Å². The van der Waals surface area contributed by atoms with E-state index in [0.717, 1.165) is 24.8 Å². The van der Waals surface area contributed by atoms with Crippen molar-refractivity contribution in [2.24, 2.45) is 5.73 Å². The van der Waals surface area contributed by atoms with Crippen molar-refractivity contribution in [1.82, 2.24) is 0 Å². The molecule has 1 aromatic rings. The van der Waals surface area contributed by atoms with E-state index in [1.807, 2.05) is 6.07 Å². The Kier molecular flexibility index (Phi) is 3.74. The summed E-state index contributed by atoms with van der Waals surface area (Å²) >= 11 is 0. The number of hydrogen-bond acceptors (Lipinski definition) is 2. The molecule has 1 atom stereocenters. The van der Waals surface area contributed by atoms with Gasteiger partial charge in [-0.15, -0.1) is 0 Å². The minimum Gasteiger partial charge on any atom is -0.376 e. The molecule has 1 aliphatic heterocycles. The first-order chi connectivity index (χ1) is 8.47. The van der Waals surface area contributed by atoms with E-state index < -0.39 is 0 Å². The average Bonchev–Trinajstić information content (AvgIpc) is 2.28. The van der Waals surface area contributed by atoms with Crippen molar-refractivity contribution in [1.29, 1.82) is 0 Å². The van der Waals surface area contributed by atoms with E-state index in [1.165, 1.54) is 6.07 Å². The summed E-state index contributed by atoms with van der Waals surface area (Å²) in [6.45, 7) is 5.52. The van der Waals surface area contributed by atoms with E-state index >= 15 is 0 Å². The Morgan fingerprint density at radius 1 is 1.39 bits per heavy atom. The highest BCUT2D eigenvalue weighted by Crippen LogP contribution is 2.43. The van der Waals surface area contributed by atoms with Gasteiger partial charge in [-0.3, -0.25) is 0 Å². The molecule has 2 nitrogen and oxygen atoms in total. The summed E-state index contributed by atoms with van der Waals surface area (Å²) in [6.07, 6.45) is 2.68. The lowest BCUT2D eigenvalue weighted by atomic mass is 9.67. The van der Waals surface area contributed by atoms with Crippen molar-refractivity contribution in [2.45, 2.75) is 44.1 Å². The smallest absolute Gasteiger partial charge is 0.123 e. The lowest BCUT2D eigenvalue weighted by molar-refractivity contribution is -0.0837. The summed E-state index contributed by atoms with van der Waals surface area (Å²) in [5.74, 6) is -0.173. The van der Waals surface area contributed by atoms with Crippen LogP contribution < -0.4 is 5.73 Å². The number of ether oxygens (including phenoxy) is 1. The molecule has 1 saturated heterocycles. The van der Waals surface area contributed by atoms with Gasteiger partial charge in [0.2, 0.25) is 0 Å². The van der Waals surface area contributed by atoms with Crippen LogP contribution in [0.3, 0.4) is 0 Å². The van der Waals surface area contributed by atoms with Crippen LogP contribution >= 0.6 is 0 Å². The van der Waals surface area contributed by atoms with Gasteiger partial charge in [-0.1, -0.05) is 12.1 Å². The molecule has 1 aliphatic rings. The minimum atomic E-state index is -0.173. The Balaban J connectivity index is 2.37. The molecule has 3 heteroatoms. The fourth-order valence-electron chi connectivity index (χ4n) is 3.18. The third kappa shape index (κ3) is 2.73. The van der Waals surface area contributed by atoms with Crippen LogP contribution in [0.5, 0.6) is 0 Å². The Hall–Kier alpha value is -0.930. The molecule has 2 N–H and O–H groups in total. The maximum Gasteiger partial charge on any atom is 0.123 e. The molecule has 100 valence electrons. The number of nitrogens with two attached hydrogens (primary N) is 1. The molecule has 1 fully saturated rings. The highest BCUT2D eigenvalue weighted by molar-refractivity contribution is 5.27. The topological polar surface area (TPSA) is 35.2 Å². The molecule has 0 spiro atoms. The van der Waals surface area contributed by atoms with E-state index in [0.29, 0.717) is 13.2 Å². The highest BCUT2D eigenvalue weighted by atomic mass is 19.1. The number of rotatable bonds is 3. The van der Waals surface area contributed by atoms with Gasteiger partial charge < -0.3 is 10.5 Å². The molecule has 0 amide bonds. The molecule has 0 saturated carbocycles. The Morgan fingerprint density at radius 2 is 2.17 bits per heavy atom. The summed E-state index contributed by atoms with van der Waals surface area (Å²) in [5, 5.41) is 0. The van der Waals surface area contributed by atoms with E-state index in [1.54, 1.807) is 12.1 Å². The predicted molar refractivity (Wildman–Crippen MR) is 71.0 cm³/mol. The standard InChI is InChI=1S/C15H22FNO/c1-14(2)11-15(6-8-17,7-9-18-14)12-4-3-5-13(16)10-12/h3-5,10H,6-9,11,17H2,1-2H3. The fourth-order valence-corrected chi connectivity index (χ4v) is 3.18. The molecule has 0 bridgehead atoms. The van der Waals surface area contributed by atoms with Gasteiger partial charge in [0, 0.05) is 12.0 Å². The van der Waals surface area contributed by atoms with E-state index in [9.17, 15) is 4.39 Å². The van der Waals surface area contributed by atoms with E-state index in [2.05, 4.69) is 13.8 Å². The second-order valence-electron chi connectivity index (χ2n) is 5.86. The van der Waals surface area contributed by atoms with Crippen LogP contribution in [-0.4, -0.2) is 18.8 Å². The first-order valence-corrected chi connectivity index (χ1v) is 6.58. The van der Waals surface area contributed by atoms with Gasteiger partial charge in [0.25, 0.3) is 0 Å². The highest BCUT2D eigenvalue weighted by Gasteiger charge is 2.41. The fraction of sp³-hybridized carbons (Fsp3) is 0.600. The van der Waals surface area contributed by atoms with Gasteiger partial charge in [0.05, 0.1) is 5.60 Å². The first kappa shape index (κ1) is 13.5. The molecule has 1 unspecified atom stereocenters. The largest absolute Gasteiger partial charge is 0.376 e. The van der Waals surface area contributed by atoms with E-state index in [-0.39, 0.29) is 16.8 Å². The van der Waals surface area contributed by atoms with Crippen molar-refractivity contribution in [3.8, 4) is 0 Å². The average molecular weight is 251 g/mol. The van der Waals surface area contributed by atoms with Crippen LogP contribution in [0.15, 0.2) is 24.3 Å². The summed E-state index contributed by atoms with van der Waals surface area (Å²) in [5.41, 5.74) is 6.62. The van der Waals surface area contributed by atoms with Crippen molar-refractivity contribution in [2.75, 3.05) is 13.2 Å². The van der Waals surface area contributed by atoms with Crippen LogP contribution in [-0.2, 0) is 10.2 Å². The van der Waals surface area contributed by atoms with Gasteiger partial charge in [-0.25, -0.2) is 4.39 Å². The summed E-state index contributed by atoms with van der Waals surface area (Å²) in [6, 6.07) is 6.94. The van der Waals surface area contributed by atoms with Gasteiger partial charge >= 0.3 is 0 Å². The first-order valence-electron chi connectivity index (χ1n) is 6.58. The Bertz CT molecular complexity index is 415. The third-order valence-electron chi connectivity index (χ3n) is 3.90. The molecule has 18 heavy (non-hydrogen) atoms. The normalized spacial score (nSPS) is 27.1. The van der Waals surface area contributed by atoms with Crippen LogP contribution in [0.1, 0.15) is 38.7 Å². The second-order valence-corrected chi connectivity index (χ2v) is 5.86. The van der Waals surface area contributed by atoms with Crippen molar-refractivity contribution in [3.63, 3.8) is 0 Å². The SMILES string of the molecule is CC1(C)CC(CCN)(c2cccc(F)c2)CCO1. The monoisotopic (exact) mass is 251 g/mol. The minimum absolute atomic E-state index is 0.0431. The second kappa shape index (κ2) is 4.98. The summed E-state index contributed by atoms with van der Waals surface area (Å²) < 4.78 is 19.2. The van der Waals surface area contributed by atoms with Crippen LogP contribution in [0.25, 0.3) is 0 Å². The van der Waals surface area contributed by atoms with E-state index in [4.69, 9.17) is 10.5 Å². The zero-order valence-corrected chi connectivity index (χ0v) is 11.2. The Morgan fingerprint density at radius 3 is 2.78 bits per heavy atom. The molecule has 1 aromatic carbocycles. The van der Waals surface area contributed by atoms with Crippen LogP contribution in [0.4, 0.5) is 4.39 Å². The van der Waals surface area contributed by atoms with Gasteiger partial charge in [-0.05, 0) is 57.4 Å². The maximum absolute atomic E-state index is 13.5. The summed E-state index contributed by atoms with van der Waals surface area (Å²) in [7, 11) is 0. The third-order valence-corrected chi connectivity index (χ3v) is 3.90. The molecule has 0 aliphatic carbocycles. The molecular weight excluding hydrogens is 229 g/mol. The molecule has 0 radical (unpaired) electrons. The molecular formula is C15H22FNO. The zero-order valence-electron chi connectivity index (χ0n) is 11.2. The van der Waals surface area contributed by atoms with Crippen molar-refractivity contribution >= 4 is 0 Å². The van der Waals surface area contributed by atoms with Gasteiger partial charge in [-0.2, -0.15) is 0 Å². The summed E-state index contributed by atoms with van der Waals surface area (Å²) in [4.78, 5) is 0. The molecule has 0 aromatic heterocycles. The molecule has 1 heterocycles. The zero-order chi connectivity index (χ0) is 13.2. The number of halogens is 1. The van der Waals surface area contributed by atoms with Gasteiger partial charge in [0.1, 0.15) is 5.82 Å². The van der Waals surface area contributed by atoms with Crippen LogP contribution in [0.2, 0.25) is 0 Å². The molecule has 2 rings (SSSR count). The number of hydrogen-bond donors (Lipinski definition) is 1.